The van der Waals surface area contributed by atoms with E-state index in [0.717, 1.165) is 12.0 Å². The Bertz CT molecular complexity index is 838. The first kappa shape index (κ1) is 17.6. The van der Waals surface area contributed by atoms with Gasteiger partial charge in [0.15, 0.2) is 0 Å². The number of carbonyl (C=O) groups excluding carboxylic acids is 1. The maximum atomic E-state index is 12.5. The molecule has 7 heteroatoms. The zero-order chi connectivity index (χ0) is 17.7. The average molecular weight is 359 g/mol. The molecule has 0 saturated carbocycles. The molecule has 0 bridgehead atoms. The van der Waals surface area contributed by atoms with E-state index >= 15 is 0 Å². The summed E-state index contributed by atoms with van der Waals surface area (Å²) >= 11 is 0. The quantitative estimate of drug-likeness (QED) is 0.795. The number of pyridine rings is 1. The SMILES string of the molecule is O=C(NCCCS(=O)(=O)N1CCc2ccccc2C1)c1ccncc1. The summed E-state index contributed by atoms with van der Waals surface area (Å²) in [5, 5.41) is 2.74. The molecule has 0 spiro atoms. The van der Waals surface area contributed by atoms with Crippen LogP contribution in [0.1, 0.15) is 27.9 Å². The fourth-order valence-corrected chi connectivity index (χ4v) is 4.37. The molecule has 0 unspecified atom stereocenters. The van der Waals surface area contributed by atoms with E-state index < -0.39 is 10.0 Å². The van der Waals surface area contributed by atoms with Gasteiger partial charge in [-0.1, -0.05) is 24.3 Å². The van der Waals surface area contributed by atoms with Crippen LogP contribution in [0.4, 0.5) is 0 Å². The predicted molar refractivity (Wildman–Crippen MR) is 95.5 cm³/mol. The van der Waals surface area contributed by atoms with Crippen LogP contribution in [0.2, 0.25) is 0 Å². The second-order valence-corrected chi connectivity index (χ2v) is 8.10. The predicted octanol–water partition coefficient (Wildman–Crippen LogP) is 1.59. The molecule has 1 aliphatic heterocycles. The fourth-order valence-electron chi connectivity index (χ4n) is 2.90. The van der Waals surface area contributed by atoms with Crippen molar-refractivity contribution in [2.45, 2.75) is 19.4 Å². The van der Waals surface area contributed by atoms with Gasteiger partial charge in [-0.3, -0.25) is 9.78 Å². The molecule has 0 aliphatic carbocycles. The standard InChI is InChI=1S/C18H21N3O3S/c22-18(16-6-10-19-11-7-16)20-9-3-13-25(23,24)21-12-8-15-4-1-2-5-17(15)14-21/h1-2,4-7,10-11H,3,8-9,12-14H2,(H,20,22). The number of hydrogen-bond donors (Lipinski definition) is 1. The summed E-state index contributed by atoms with van der Waals surface area (Å²) in [6.45, 7) is 1.27. The summed E-state index contributed by atoms with van der Waals surface area (Å²) in [5.74, 6) is -0.182. The Morgan fingerprint density at radius 3 is 2.60 bits per heavy atom. The second-order valence-electron chi connectivity index (χ2n) is 6.01. The lowest BCUT2D eigenvalue weighted by Gasteiger charge is -2.28. The monoisotopic (exact) mass is 359 g/mol. The molecule has 2 aromatic rings. The van der Waals surface area contributed by atoms with Crippen molar-refractivity contribution >= 4 is 15.9 Å². The third-order valence-electron chi connectivity index (χ3n) is 4.30. The van der Waals surface area contributed by atoms with Crippen LogP contribution >= 0.6 is 0 Å². The van der Waals surface area contributed by atoms with Crippen LogP contribution in [0.15, 0.2) is 48.8 Å². The van der Waals surface area contributed by atoms with E-state index in [9.17, 15) is 13.2 Å². The molecule has 1 aromatic carbocycles. The van der Waals surface area contributed by atoms with E-state index in [2.05, 4.69) is 10.3 Å². The highest BCUT2D eigenvalue weighted by molar-refractivity contribution is 7.89. The maximum Gasteiger partial charge on any atom is 0.251 e. The van der Waals surface area contributed by atoms with Crippen LogP contribution in [0, 0.1) is 0 Å². The summed E-state index contributed by atoms with van der Waals surface area (Å²) in [5.41, 5.74) is 2.81. The molecule has 1 aliphatic rings. The molecule has 1 amide bonds. The number of nitrogens with zero attached hydrogens (tertiary/aromatic N) is 2. The first-order valence-electron chi connectivity index (χ1n) is 8.29. The maximum absolute atomic E-state index is 12.5. The molecule has 6 nitrogen and oxygen atoms in total. The van der Waals surface area contributed by atoms with Crippen LogP contribution in [0.3, 0.4) is 0 Å². The molecule has 1 aromatic heterocycles. The van der Waals surface area contributed by atoms with Gasteiger partial charge in [0.2, 0.25) is 10.0 Å². The summed E-state index contributed by atoms with van der Waals surface area (Å²) in [6, 6.07) is 11.2. The van der Waals surface area contributed by atoms with Gasteiger partial charge in [-0.15, -0.1) is 0 Å². The van der Waals surface area contributed by atoms with Crippen LogP contribution in [-0.2, 0) is 23.0 Å². The van der Waals surface area contributed by atoms with E-state index in [1.54, 1.807) is 28.8 Å². The summed E-state index contributed by atoms with van der Waals surface area (Å²) in [4.78, 5) is 15.8. The van der Waals surface area contributed by atoms with Gasteiger partial charge >= 0.3 is 0 Å². The largest absolute Gasteiger partial charge is 0.352 e. The lowest BCUT2D eigenvalue weighted by Crippen LogP contribution is -2.38. The number of fused-ring (bicyclic) bond motifs is 1. The van der Waals surface area contributed by atoms with Crippen LogP contribution in [-0.4, -0.2) is 42.5 Å². The van der Waals surface area contributed by atoms with Crippen molar-refractivity contribution in [1.29, 1.82) is 0 Å². The molecule has 0 saturated heterocycles. The van der Waals surface area contributed by atoms with Gasteiger partial charge < -0.3 is 5.32 Å². The summed E-state index contributed by atoms with van der Waals surface area (Å²) in [7, 11) is -3.32. The number of nitrogens with one attached hydrogen (secondary N) is 1. The lowest BCUT2D eigenvalue weighted by atomic mass is 10.0. The average Bonchev–Trinajstić information content (AvgIpc) is 2.65. The summed E-state index contributed by atoms with van der Waals surface area (Å²) < 4.78 is 26.6. The van der Waals surface area contributed by atoms with Crippen molar-refractivity contribution in [3.05, 3.63) is 65.5 Å². The number of aromatic nitrogens is 1. The topological polar surface area (TPSA) is 79.4 Å². The third kappa shape index (κ3) is 4.43. The lowest BCUT2D eigenvalue weighted by molar-refractivity contribution is 0.0953. The first-order valence-corrected chi connectivity index (χ1v) is 9.90. The zero-order valence-electron chi connectivity index (χ0n) is 13.9. The Morgan fingerprint density at radius 2 is 1.84 bits per heavy atom. The van der Waals surface area contributed by atoms with Crippen LogP contribution in [0.5, 0.6) is 0 Å². The molecule has 0 fully saturated rings. The van der Waals surface area contributed by atoms with E-state index in [4.69, 9.17) is 0 Å². The minimum absolute atomic E-state index is 0.0335. The van der Waals surface area contributed by atoms with Crippen molar-refractivity contribution in [3.8, 4) is 0 Å². The molecule has 132 valence electrons. The second kappa shape index (κ2) is 7.76. The van der Waals surface area contributed by atoms with Gasteiger partial charge in [0.05, 0.1) is 5.75 Å². The molecular formula is C18H21N3O3S. The Kier molecular flexibility index (Phi) is 5.45. The minimum Gasteiger partial charge on any atom is -0.352 e. The number of benzene rings is 1. The van der Waals surface area contributed by atoms with Gasteiger partial charge in [0, 0.05) is 37.6 Å². The molecule has 1 N–H and O–H groups in total. The number of sulfonamides is 1. The first-order chi connectivity index (χ1) is 12.1. The van der Waals surface area contributed by atoms with Gasteiger partial charge in [-0.25, -0.2) is 8.42 Å². The van der Waals surface area contributed by atoms with E-state index in [1.807, 2.05) is 24.3 Å². The Hall–Kier alpha value is -2.25. The Labute approximate surface area is 147 Å². The molecule has 3 rings (SSSR count). The molecule has 2 heterocycles. The number of hydrogen-bond acceptors (Lipinski definition) is 4. The number of carbonyl (C=O) groups is 1. The van der Waals surface area contributed by atoms with Gasteiger partial charge in [-0.2, -0.15) is 4.31 Å². The molecule has 0 radical (unpaired) electrons. The highest BCUT2D eigenvalue weighted by Crippen LogP contribution is 2.21. The van der Waals surface area contributed by atoms with Gasteiger partial charge in [-0.05, 0) is 36.1 Å². The van der Waals surface area contributed by atoms with E-state index in [0.29, 0.717) is 31.6 Å². The minimum atomic E-state index is -3.32. The van der Waals surface area contributed by atoms with E-state index in [1.165, 1.54) is 5.56 Å². The van der Waals surface area contributed by atoms with Gasteiger partial charge in [0.1, 0.15) is 0 Å². The highest BCUT2D eigenvalue weighted by atomic mass is 32.2. The molecular weight excluding hydrogens is 338 g/mol. The van der Waals surface area contributed by atoms with Gasteiger partial charge in [0.25, 0.3) is 5.91 Å². The molecule has 0 atom stereocenters. The fraction of sp³-hybridized carbons (Fsp3) is 0.333. The van der Waals surface area contributed by atoms with Crippen molar-refractivity contribution < 1.29 is 13.2 Å². The van der Waals surface area contributed by atoms with Crippen LogP contribution < -0.4 is 5.32 Å². The highest BCUT2D eigenvalue weighted by Gasteiger charge is 2.25. The van der Waals surface area contributed by atoms with E-state index in [-0.39, 0.29) is 11.7 Å². The van der Waals surface area contributed by atoms with Crippen molar-refractivity contribution in [2.75, 3.05) is 18.8 Å². The third-order valence-corrected chi connectivity index (χ3v) is 6.20. The smallest absolute Gasteiger partial charge is 0.251 e. The number of amides is 1. The summed E-state index contributed by atoms with van der Waals surface area (Å²) in [6.07, 6.45) is 4.23. The Balaban J connectivity index is 1.49. The normalized spacial score (nSPS) is 14.7. The molecule has 25 heavy (non-hydrogen) atoms. The zero-order valence-corrected chi connectivity index (χ0v) is 14.7. The van der Waals surface area contributed by atoms with Crippen molar-refractivity contribution in [1.82, 2.24) is 14.6 Å². The van der Waals surface area contributed by atoms with Crippen molar-refractivity contribution in [2.24, 2.45) is 0 Å². The van der Waals surface area contributed by atoms with Crippen molar-refractivity contribution in [3.63, 3.8) is 0 Å². The van der Waals surface area contributed by atoms with Crippen LogP contribution in [0.25, 0.3) is 0 Å². The number of rotatable bonds is 6. The Morgan fingerprint density at radius 1 is 1.12 bits per heavy atom.